The lowest BCUT2D eigenvalue weighted by molar-refractivity contribution is 0.0144. The van der Waals surface area contributed by atoms with E-state index < -0.39 is 5.60 Å². The molecule has 1 aliphatic rings. The zero-order chi connectivity index (χ0) is 13.6. The van der Waals surface area contributed by atoms with Crippen molar-refractivity contribution in [1.82, 2.24) is 10.2 Å². The summed E-state index contributed by atoms with van der Waals surface area (Å²) < 4.78 is 0. The molecule has 0 spiro atoms. The van der Waals surface area contributed by atoms with Crippen molar-refractivity contribution in [2.45, 2.75) is 77.5 Å². The Labute approximate surface area is 113 Å². The summed E-state index contributed by atoms with van der Waals surface area (Å²) in [7, 11) is 0. The van der Waals surface area contributed by atoms with Crippen LogP contribution >= 0.6 is 0 Å². The van der Waals surface area contributed by atoms with Crippen molar-refractivity contribution < 1.29 is 5.11 Å². The van der Waals surface area contributed by atoms with Crippen molar-refractivity contribution >= 4 is 0 Å². The van der Waals surface area contributed by atoms with E-state index in [0.717, 1.165) is 25.7 Å². The van der Waals surface area contributed by atoms with Gasteiger partial charge in [0.2, 0.25) is 0 Å². The first-order valence-electron chi connectivity index (χ1n) is 7.66. The van der Waals surface area contributed by atoms with E-state index in [4.69, 9.17) is 0 Å². The zero-order valence-electron chi connectivity index (χ0n) is 12.7. The molecule has 0 atom stereocenters. The molecule has 108 valence electrons. The van der Waals surface area contributed by atoms with E-state index in [-0.39, 0.29) is 0 Å². The van der Waals surface area contributed by atoms with Gasteiger partial charge in [0, 0.05) is 18.6 Å². The number of hydrogen-bond donors (Lipinski definition) is 2. The quantitative estimate of drug-likeness (QED) is 0.734. The number of nitrogens with one attached hydrogen (secondary N) is 1. The van der Waals surface area contributed by atoms with Gasteiger partial charge in [-0.2, -0.15) is 0 Å². The van der Waals surface area contributed by atoms with Crippen LogP contribution in [0.1, 0.15) is 59.8 Å². The Hall–Kier alpha value is -0.120. The van der Waals surface area contributed by atoms with E-state index in [2.05, 4.69) is 24.1 Å². The largest absolute Gasteiger partial charge is 0.389 e. The number of nitrogens with zero attached hydrogens (tertiary/aromatic N) is 1. The SMILES string of the molecule is CCCNC1CCC(N(CC)CC(C)(C)O)CC1. The molecule has 0 amide bonds. The Kier molecular flexibility index (Phi) is 6.61. The van der Waals surface area contributed by atoms with Crippen LogP contribution in [0.5, 0.6) is 0 Å². The van der Waals surface area contributed by atoms with Crippen LogP contribution in [0.15, 0.2) is 0 Å². The lowest BCUT2D eigenvalue weighted by Gasteiger charge is -2.39. The Morgan fingerprint density at radius 1 is 1.17 bits per heavy atom. The smallest absolute Gasteiger partial charge is 0.0718 e. The van der Waals surface area contributed by atoms with Crippen LogP contribution in [-0.2, 0) is 0 Å². The predicted molar refractivity (Wildman–Crippen MR) is 77.9 cm³/mol. The maximum absolute atomic E-state index is 9.96. The fourth-order valence-electron chi connectivity index (χ4n) is 2.99. The van der Waals surface area contributed by atoms with Gasteiger partial charge in [0.25, 0.3) is 0 Å². The molecule has 18 heavy (non-hydrogen) atoms. The van der Waals surface area contributed by atoms with Crippen LogP contribution in [0, 0.1) is 0 Å². The van der Waals surface area contributed by atoms with Crippen molar-refractivity contribution in [2.75, 3.05) is 19.6 Å². The standard InChI is InChI=1S/C15H32N2O/c1-5-11-16-13-7-9-14(10-8-13)17(6-2)12-15(3,4)18/h13-14,16,18H,5-12H2,1-4H3. The Bertz CT molecular complexity index is 217. The van der Waals surface area contributed by atoms with Crippen molar-refractivity contribution in [3.63, 3.8) is 0 Å². The van der Waals surface area contributed by atoms with E-state index >= 15 is 0 Å². The van der Waals surface area contributed by atoms with Gasteiger partial charge in [0.1, 0.15) is 0 Å². The molecular weight excluding hydrogens is 224 g/mol. The Morgan fingerprint density at radius 2 is 1.78 bits per heavy atom. The van der Waals surface area contributed by atoms with Crippen molar-refractivity contribution in [3.05, 3.63) is 0 Å². The molecule has 0 aromatic heterocycles. The van der Waals surface area contributed by atoms with E-state index in [1.807, 2.05) is 13.8 Å². The molecule has 1 fully saturated rings. The minimum absolute atomic E-state index is 0.576. The van der Waals surface area contributed by atoms with Crippen LogP contribution in [0.25, 0.3) is 0 Å². The summed E-state index contributed by atoms with van der Waals surface area (Å²) in [4.78, 5) is 2.45. The molecule has 0 aromatic carbocycles. The number of rotatable bonds is 7. The van der Waals surface area contributed by atoms with Gasteiger partial charge in [-0.1, -0.05) is 13.8 Å². The van der Waals surface area contributed by atoms with E-state index in [1.54, 1.807) is 0 Å². The second-order valence-electron chi connectivity index (χ2n) is 6.34. The third-order valence-corrected chi connectivity index (χ3v) is 3.89. The fraction of sp³-hybridized carbons (Fsp3) is 1.00. The van der Waals surface area contributed by atoms with Gasteiger partial charge in [0.15, 0.2) is 0 Å². The van der Waals surface area contributed by atoms with Gasteiger partial charge >= 0.3 is 0 Å². The summed E-state index contributed by atoms with van der Waals surface area (Å²) in [6.45, 7) is 11.2. The molecule has 0 aliphatic heterocycles. The molecule has 3 nitrogen and oxygen atoms in total. The monoisotopic (exact) mass is 256 g/mol. The molecule has 2 N–H and O–H groups in total. The molecule has 0 unspecified atom stereocenters. The highest BCUT2D eigenvalue weighted by atomic mass is 16.3. The van der Waals surface area contributed by atoms with Gasteiger partial charge in [-0.25, -0.2) is 0 Å². The van der Waals surface area contributed by atoms with Gasteiger partial charge in [-0.15, -0.1) is 0 Å². The molecule has 1 saturated carbocycles. The minimum Gasteiger partial charge on any atom is -0.389 e. The molecule has 1 rings (SSSR count). The maximum Gasteiger partial charge on any atom is 0.0718 e. The first-order valence-corrected chi connectivity index (χ1v) is 7.66. The highest BCUT2D eigenvalue weighted by Gasteiger charge is 2.27. The first kappa shape index (κ1) is 15.9. The summed E-state index contributed by atoms with van der Waals surface area (Å²) in [5, 5.41) is 13.6. The molecule has 0 heterocycles. The van der Waals surface area contributed by atoms with Gasteiger partial charge in [-0.3, -0.25) is 4.90 Å². The number of likely N-dealkylation sites (N-methyl/N-ethyl adjacent to an activating group) is 1. The van der Waals surface area contributed by atoms with Crippen molar-refractivity contribution in [3.8, 4) is 0 Å². The lowest BCUT2D eigenvalue weighted by atomic mass is 9.89. The highest BCUT2D eigenvalue weighted by Crippen LogP contribution is 2.24. The predicted octanol–water partition coefficient (Wildman–Crippen LogP) is 2.39. The topological polar surface area (TPSA) is 35.5 Å². The molecule has 0 aromatic rings. The van der Waals surface area contributed by atoms with Crippen LogP contribution < -0.4 is 5.32 Å². The highest BCUT2D eigenvalue weighted by molar-refractivity contribution is 4.84. The normalized spacial score (nSPS) is 25.7. The summed E-state index contributed by atoms with van der Waals surface area (Å²) in [6, 6.07) is 1.39. The van der Waals surface area contributed by atoms with Crippen LogP contribution in [0.3, 0.4) is 0 Å². The van der Waals surface area contributed by atoms with Crippen molar-refractivity contribution in [1.29, 1.82) is 0 Å². The molecular formula is C15H32N2O. The second kappa shape index (κ2) is 7.46. The fourth-order valence-corrected chi connectivity index (χ4v) is 2.99. The molecule has 3 heteroatoms. The Morgan fingerprint density at radius 3 is 2.22 bits per heavy atom. The second-order valence-corrected chi connectivity index (χ2v) is 6.34. The number of hydrogen-bond acceptors (Lipinski definition) is 3. The van der Waals surface area contributed by atoms with Crippen LogP contribution in [0.2, 0.25) is 0 Å². The molecule has 0 radical (unpaired) electrons. The van der Waals surface area contributed by atoms with Gasteiger partial charge < -0.3 is 10.4 Å². The van der Waals surface area contributed by atoms with Gasteiger partial charge in [0.05, 0.1) is 5.60 Å². The maximum atomic E-state index is 9.96. The minimum atomic E-state index is -0.576. The third kappa shape index (κ3) is 5.68. The first-order chi connectivity index (χ1) is 8.46. The molecule has 0 bridgehead atoms. The van der Waals surface area contributed by atoms with E-state index in [0.29, 0.717) is 6.04 Å². The van der Waals surface area contributed by atoms with E-state index in [1.165, 1.54) is 32.1 Å². The van der Waals surface area contributed by atoms with E-state index in [9.17, 15) is 5.11 Å². The van der Waals surface area contributed by atoms with Crippen LogP contribution in [-0.4, -0.2) is 47.3 Å². The van der Waals surface area contributed by atoms with Gasteiger partial charge in [-0.05, 0) is 59.0 Å². The summed E-state index contributed by atoms with van der Waals surface area (Å²) in [5.41, 5.74) is -0.576. The molecule has 0 saturated heterocycles. The average molecular weight is 256 g/mol. The lowest BCUT2D eigenvalue weighted by Crippen LogP contribution is -2.47. The number of aliphatic hydroxyl groups is 1. The Balaban J connectivity index is 2.35. The average Bonchev–Trinajstić information content (AvgIpc) is 2.33. The zero-order valence-corrected chi connectivity index (χ0v) is 12.7. The summed E-state index contributed by atoms with van der Waals surface area (Å²) >= 11 is 0. The third-order valence-electron chi connectivity index (χ3n) is 3.89. The summed E-state index contributed by atoms with van der Waals surface area (Å²) in [6.07, 6.45) is 6.33. The van der Waals surface area contributed by atoms with Crippen molar-refractivity contribution in [2.24, 2.45) is 0 Å². The molecule has 1 aliphatic carbocycles. The van der Waals surface area contributed by atoms with Crippen LogP contribution in [0.4, 0.5) is 0 Å². The summed E-state index contributed by atoms with van der Waals surface area (Å²) in [5.74, 6) is 0.